The van der Waals surface area contributed by atoms with Crippen LogP contribution in [-0.4, -0.2) is 76.6 Å². The summed E-state index contributed by atoms with van der Waals surface area (Å²) in [6.07, 6.45) is 0.220. The van der Waals surface area contributed by atoms with Gasteiger partial charge in [-0.3, -0.25) is 23.9 Å². The summed E-state index contributed by atoms with van der Waals surface area (Å²) in [7, 11) is -15.2. The second-order valence-electron chi connectivity index (χ2n) is 9.07. The Bertz CT molecular complexity index is 2180. The number of Topliss-reactive ketones (excluding diaryl/α,β-unsaturated/α-hetero) is 1. The molecule has 1 aliphatic rings. The zero-order valence-corrected chi connectivity index (χ0v) is 36.5. The summed E-state index contributed by atoms with van der Waals surface area (Å²) < 4.78 is 106. The number of hydrogen-bond acceptors (Lipinski definition) is 15. The van der Waals surface area contributed by atoms with Crippen molar-refractivity contribution >= 4 is 88.5 Å². The van der Waals surface area contributed by atoms with Crippen molar-refractivity contribution in [2.45, 2.75) is 29.7 Å². The van der Waals surface area contributed by atoms with Gasteiger partial charge in [0.2, 0.25) is 17.0 Å². The number of fused-ring (bicyclic) bond motifs is 1. The minimum Gasteiger partial charge on any atom is -0.504 e. The molecule has 1 radical (unpaired) electrons. The number of nitrogens with zero attached hydrogens (tertiary/aromatic N) is 4. The van der Waals surface area contributed by atoms with Crippen molar-refractivity contribution in [2.24, 2.45) is 5.10 Å². The number of carbonyl (C=O) groups is 1. The van der Waals surface area contributed by atoms with E-state index in [4.69, 9.17) is 27.9 Å². The van der Waals surface area contributed by atoms with Crippen LogP contribution in [0.25, 0.3) is 6.08 Å². The number of anilines is 3. The number of carbonyl (C=O) groups excluding carboxylic acids is 1. The van der Waals surface area contributed by atoms with Gasteiger partial charge in [0.05, 0.1) is 32.2 Å². The maximum absolute atomic E-state index is 13.8. The standard InChI is InChI=1S/C22H18Cl2N6O12S3.Cu.3Na/c1-8(2)42-22-27-20(24)26-21(28-22)25-13-6-10(43(33,34)35)3-9-4-15(45(39,40)41)17(19(32)16(9)13)30-29-14-7-11(44(36,37)38)5-12(23)18(14)31;;;;/h3-8,29,31H,1-2H3,(H,33,34,35)(H,36,37,38)(H,39,40,41)(H,25,26,27,28);;;;/q;;3*+1/b30-17+;;;;. The van der Waals surface area contributed by atoms with Gasteiger partial charge >= 0.3 is 94.7 Å². The number of phenolic OH excluding ortho intramolecular Hbond substituents is 1. The monoisotopic (exact) mass is 856 g/mol. The number of benzene rings is 2. The summed E-state index contributed by atoms with van der Waals surface area (Å²) in [5.74, 6) is -2.52. The van der Waals surface area contributed by atoms with E-state index in [1.165, 1.54) is 0 Å². The molecule has 0 fully saturated rings. The van der Waals surface area contributed by atoms with Crippen LogP contribution in [0.15, 0.2) is 44.1 Å². The molecule has 1 aliphatic carbocycles. The number of halogens is 2. The van der Waals surface area contributed by atoms with E-state index in [9.17, 15) is 48.8 Å². The van der Waals surface area contributed by atoms with Crippen molar-refractivity contribution in [1.29, 1.82) is 0 Å². The predicted octanol–water partition coefficient (Wildman–Crippen LogP) is -6.19. The number of nitrogens with one attached hydrogen (secondary N) is 2. The first-order valence-electron chi connectivity index (χ1n) is 11.7. The number of hydrogen-bond donors (Lipinski definition) is 6. The van der Waals surface area contributed by atoms with E-state index in [0.717, 1.165) is 12.1 Å². The SMILES string of the molecule is CC(C)Oc1nc(Cl)nc(Nc2cc(S(=O)(=O)O)cc3c2C(=O)/C(=N/Nc2cc(S(=O)(=O)O)cc(Cl)c2O)C(S(=O)(=O)O)=C3)n1.[Cu].[Na+].[Na+].[Na+]. The van der Waals surface area contributed by atoms with Gasteiger partial charge in [0, 0.05) is 17.1 Å². The van der Waals surface area contributed by atoms with Crippen molar-refractivity contribution in [1.82, 2.24) is 15.0 Å². The second-order valence-corrected chi connectivity index (χ2v) is 14.1. The maximum Gasteiger partial charge on any atom is 1.00 e. The van der Waals surface area contributed by atoms with Crippen LogP contribution in [0.2, 0.25) is 10.3 Å². The average Bonchev–Trinajstić information content (AvgIpc) is 2.87. The second kappa shape index (κ2) is 18.5. The molecule has 6 N–H and O–H groups in total. The number of hydrazone groups is 1. The fraction of sp³-hybridized carbons (Fsp3) is 0.136. The number of phenols is 1. The molecule has 0 atom stereocenters. The van der Waals surface area contributed by atoms with E-state index in [1.54, 1.807) is 13.8 Å². The van der Waals surface area contributed by atoms with Gasteiger partial charge in [-0.2, -0.15) is 45.3 Å². The third-order valence-electron chi connectivity index (χ3n) is 5.48. The molecule has 1 heterocycles. The summed E-state index contributed by atoms with van der Waals surface area (Å²) in [6, 6.07) is 2.55. The molecule has 27 heteroatoms. The van der Waals surface area contributed by atoms with Crippen LogP contribution in [0, 0.1) is 0 Å². The third kappa shape index (κ3) is 12.0. The predicted molar refractivity (Wildman–Crippen MR) is 158 cm³/mol. The summed E-state index contributed by atoms with van der Waals surface area (Å²) >= 11 is 11.7. The van der Waals surface area contributed by atoms with Gasteiger partial charge in [-0.1, -0.05) is 11.6 Å². The molecule has 18 nitrogen and oxygen atoms in total. The minimum absolute atomic E-state index is 0. The van der Waals surface area contributed by atoms with Crippen LogP contribution in [0.1, 0.15) is 29.8 Å². The fourth-order valence-electron chi connectivity index (χ4n) is 3.69. The van der Waals surface area contributed by atoms with Crippen LogP contribution < -0.4 is 104 Å². The van der Waals surface area contributed by atoms with E-state index in [1.807, 2.05) is 0 Å². The van der Waals surface area contributed by atoms with Gasteiger partial charge in [0.25, 0.3) is 30.4 Å². The molecule has 0 saturated carbocycles. The Morgan fingerprint density at radius 1 is 0.837 bits per heavy atom. The van der Waals surface area contributed by atoms with E-state index < -0.39 is 102 Å². The van der Waals surface area contributed by atoms with Crippen molar-refractivity contribution in [3.63, 3.8) is 0 Å². The Morgan fingerprint density at radius 2 is 1.39 bits per heavy atom. The number of rotatable bonds is 9. The molecular weight excluding hydrogens is 840 g/mol. The molecule has 0 spiro atoms. The summed E-state index contributed by atoms with van der Waals surface area (Å²) in [6.45, 7) is 3.30. The number of ketones is 1. The molecule has 1 aromatic heterocycles. The fourth-order valence-corrected chi connectivity index (χ4v) is 5.86. The van der Waals surface area contributed by atoms with Crippen LogP contribution in [0.5, 0.6) is 11.8 Å². The van der Waals surface area contributed by atoms with Crippen molar-refractivity contribution in [3.8, 4) is 11.8 Å². The Morgan fingerprint density at radius 3 is 1.92 bits per heavy atom. The first-order valence-corrected chi connectivity index (χ1v) is 16.8. The summed E-state index contributed by atoms with van der Waals surface area (Å²) in [4.78, 5) is 22.5. The van der Waals surface area contributed by atoms with E-state index in [0.29, 0.717) is 18.2 Å². The maximum atomic E-state index is 13.8. The Labute approximate surface area is 365 Å². The molecule has 49 heavy (non-hydrogen) atoms. The number of aromatic nitrogens is 3. The van der Waals surface area contributed by atoms with Gasteiger partial charge in [0.15, 0.2) is 11.5 Å². The molecule has 0 amide bonds. The molecular formula is C22H18Cl2CuN6Na3O12S3+3. The van der Waals surface area contributed by atoms with E-state index >= 15 is 0 Å². The van der Waals surface area contributed by atoms with Crippen LogP contribution in [-0.2, 0) is 47.4 Å². The van der Waals surface area contributed by atoms with E-state index in [2.05, 4.69) is 30.8 Å². The first kappa shape index (κ1) is 48.6. The van der Waals surface area contributed by atoms with Gasteiger partial charge in [-0.25, -0.2) is 0 Å². The first-order chi connectivity index (χ1) is 20.6. The van der Waals surface area contributed by atoms with E-state index in [-0.39, 0.29) is 117 Å². The minimum atomic E-state index is -5.30. The molecule has 4 rings (SSSR count). The molecule has 0 aliphatic heterocycles. The normalized spacial score (nSPS) is 13.5. The molecule has 3 aromatic rings. The Hall–Kier alpha value is -0.441. The van der Waals surface area contributed by atoms with Crippen LogP contribution in [0.3, 0.4) is 0 Å². The number of aromatic hydroxyl groups is 1. The number of ether oxygens (including phenoxy) is 1. The zero-order valence-electron chi connectivity index (χ0n) is 25.6. The van der Waals surface area contributed by atoms with Gasteiger partial charge in [-0.05, 0) is 61.4 Å². The third-order valence-corrected chi connectivity index (χ3v) is 8.47. The molecule has 0 bridgehead atoms. The van der Waals surface area contributed by atoms with Crippen molar-refractivity contribution < 1.29 is 159 Å². The van der Waals surface area contributed by atoms with Crippen molar-refractivity contribution in [2.75, 3.05) is 10.7 Å². The Kier molecular flexibility index (Phi) is 18.4. The topological polar surface area (TPSA) is 285 Å². The van der Waals surface area contributed by atoms with Gasteiger partial charge in [0.1, 0.15) is 10.6 Å². The van der Waals surface area contributed by atoms with Crippen LogP contribution >= 0.6 is 23.2 Å². The zero-order chi connectivity index (χ0) is 33.6. The number of allylic oxidation sites excluding steroid dienone is 1. The smallest absolute Gasteiger partial charge is 0.504 e. The quantitative estimate of drug-likeness (QED) is 0.0505. The molecule has 0 unspecified atom stereocenters. The van der Waals surface area contributed by atoms with Crippen molar-refractivity contribution in [3.05, 3.63) is 50.6 Å². The molecule has 251 valence electrons. The molecule has 0 saturated heterocycles. The Balaban J connectivity index is 0.00000576. The average molecular weight is 858 g/mol. The summed E-state index contributed by atoms with van der Waals surface area (Å²) in [5.41, 5.74) is -1.03. The molecule has 2 aromatic carbocycles. The van der Waals surface area contributed by atoms with Crippen LogP contribution in [0.4, 0.5) is 17.3 Å². The summed E-state index contributed by atoms with van der Waals surface area (Å²) in [5, 5.41) is 15.4. The largest absolute Gasteiger partial charge is 1.00 e. The van der Waals surface area contributed by atoms with Gasteiger partial charge in [-0.15, -0.1) is 0 Å². The van der Waals surface area contributed by atoms with Gasteiger partial charge < -0.3 is 15.2 Å².